The van der Waals surface area contributed by atoms with Gasteiger partial charge in [0.25, 0.3) is 5.69 Å². The number of hydrogen-bond acceptors (Lipinski definition) is 4. The Labute approximate surface area is 103 Å². The summed E-state index contributed by atoms with van der Waals surface area (Å²) < 4.78 is 5.01. The fourth-order valence-corrected chi connectivity index (χ4v) is 1.47. The maximum atomic E-state index is 11.5. The van der Waals surface area contributed by atoms with E-state index in [0.29, 0.717) is 5.69 Å². The highest BCUT2D eigenvalue weighted by atomic mass is 16.6. The van der Waals surface area contributed by atoms with Crippen LogP contribution in [0.2, 0.25) is 0 Å². The molecule has 0 bridgehead atoms. The molecule has 1 aliphatic carbocycles. The molecule has 7 heteroatoms. The number of amides is 2. The number of nitro benzene ring substituents is 1. The lowest BCUT2D eigenvalue weighted by Gasteiger charge is -2.10. The van der Waals surface area contributed by atoms with E-state index in [-0.39, 0.29) is 23.5 Å². The number of nitrogens with one attached hydrogen (secondary N) is 2. The third kappa shape index (κ3) is 2.88. The van der Waals surface area contributed by atoms with Crippen LogP contribution < -0.4 is 15.4 Å². The van der Waals surface area contributed by atoms with Gasteiger partial charge in [0, 0.05) is 12.1 Å². The molecular formula is C11H13N3O4. The smallest absolute Gasteiger partial charge is 0.319 e. The minimum atomic E-state index is -0.517. The molecule has 2 amide bonds. The van der Waals surface area contributed by atoms with Gasteiger partial charge in [0.2, 0.25) is 0 Å². The second-order valence-corrected chi connectivity index (χ2v) is 4.01. The van der Waals surface area contributed by atoms with Crippen LogP contribution >= 0.6 is 0 Å². The number of nitrogens with zero attached hydrogens (tertiary/aromatic N) is 1. The number of ether oxygens (including phenoxy) is 1. The summed E-state index contributed by atoms with van der Waals surface area (Å²) in [6, 6.07) is 3.95. The van der Waals surface area contributed by atoms with Crippen molar-refractivity contribution in [3.8, 4) is 5.75 Å². The fraction of sp³-hybridized carbons (Fsp3) is 0.364. The van der Waals surface area contributed by atoms with Crippen LogP contribution in [0.5, 0.6) is 5.75 Å². The number of methoxy groups -OCH3 is 1. The van der Waals surface area contributed by atoms with Gasteiger partial charge < -0.3 is 15.4 Å². The molecule has 7 nitrogen and oxygen atoms in total. The minimum Gasteiger partial charge on any atom is -0.494 e. The zero-order chi connectivity index (χ0) is 13.1. The molecule has 0 radical (unpaired) electrons. The third-order valence-electron chi connectivity index (χ3n) is 2.56. The van der Waals surface area contributed by atoms with E-state index in [1.54, 1.807) is 0 Å². The van der Waals surface area contributed by atoms with E-state index in [2.05, 4.69) is 10.6 Å². The third-order valence-corrected chi connectivity index (χ3v) is 2.56. The molecule has 2 rings (SSSR count). The van der Waals surface area contributed by atoms with Gasteiger partial charge in [0.05, 0.1) is 23.8 Å². The molecule has 1 fully saturated rings. The summed E-state index contributed by atoms with van der Waals surface area (Å²) in [6.45, 7) is 0. The average molecular weight is 251 g/mol. The SMILES string of the molecule is COc1cc([N+](=O)[O-])ccc1NC(=O)NC1CC1. The van der Waals surface area contributed by atoms with Crippen LogP contribution in [-0.2, 0) is 0 Å². The molecule has 0 aromatic heterocycles. The van der Waals surface area contributed by atoms with Gasteiger partial charge in [-0.25, -0.2) is 4.79 Å². The second-order valence-electron chi connectivity index (χ2n) is 4.01. The number of rotatable bonds is 4. The Morgan fingerprint density at radius 3 is 2.78 bits per heavy atom. The van der Waals surface area contributed by atoms with Crippen LogP contribution in [0.15, 0.2) is 18.2 Å². The highest BCUT2D eigenvalue weighted by Crippen LogP contribution is 2.29. The monoisotopic (exact) mass is 251 g/mol. The summed E-state index contributed by atoms with van der Waals surface area (Å²) in [4.78, 5) is 21.6. The summed E-state index contributed by atoms with van der Waals surface area (Å²) >= 11 is 0. The number of benzene rings is 1. The van der Waals surface area contributed by atoms with Crippen molar-refractivity contribution in [3.05, 3.63) is 28.3 Å². The molecule has 0 spiro atoms. The van der Waals surface area contributed by atoms with Gasteiger partial charge in [-0.15, -0.1) is 0 Å². The predicted octanol–water partition coefficient (Wildman–Crippen LogP) is 1.89. The van der Waals surface area contributed by atoms with Crippen LogP contribution in [0, 0.1) is 10.1 Å². The zero-order valence-electron chi connectivity index (χ0n) is 9.80. The van der Waals surface area contributed by atoms with Gasteiger partial charge in [0.15, 0.2) is 0 Å². The molecule has 1 aromatic rings. The Balaban J connectivity index is 2.10. The molecular weight excluding hydrogens is 238 g/mol. The van der Waals surface area contributed by atoms with Gasteiger partial charge >= 0.3 is 6.03 Å². The molecule has 96 valence electrons. The lowest BCUT2D eigenvalue weighted by Crippen LogP contribution is -2.30. The molecule has 18 heavy (non-hydrogen) atoms. The number of non-ortho nitro benzene ring substituents is 1. The Morgan fingerprint density at radius 1 is 1.50 bits per heavy atom. The highest BCUT2D eigenvalue weighted by molar-refractivity contribution is 5.91. The van der Waals surface area contributed by atoms with Crippen molar-refractivity contribution < 1.29 is 14.5 Å². The number of urea groups is 1. The van der Waals surface area contributed by atoms with Crippen LogP contribution in [0.25, 0.3) is 0 Å². The number of nitro groups is 1. The normalized spacial score (nSPS) is 13.8. The first kappa shape index (κ1) is 12.2. The van der Waals surface area contributed by atoms with Crippen LogP contribution in [-0.4, -0.2) is 24.1 Å². The number of carbonyl (C=O) groups excluding carboxylic acids is 1. The van der Waals surface area contributed by atoms with Crippen molar-refractivity contribution in [1.82, 2.24) is 5.32 Å². The van der Waals surface area contributed by atoms with E-state index >= 15 is 0 Å². The number of anilines is 1. The van der Waals surface area contributed by atoms with E-state index in [0.717, 1.165) is 12.8 Å². The quantitative estimate of drug-likeness (QED) is 0.631. The van der Waals surface area contributed by atoms with Crippen molar-refractivity contribution >= 4 is 17.4 Å². The topological polar surface area (TPSA) is 93.5 Å². The maximum absolute atomic E-state index is 11.5. The van der Waals surface area contributed by atoms with Crippen LogP contribution in [0.4, 0.5) is 16.2 Å². The predicted molar refractivity (Wildman–Crippen MR) is 64.8 cm³/mol. The largest absolute Gasteiger partial charge is 0.494 e. The summed E-state index contributed by atoms with van der Waals surface area (Å²) in [6.07, 6.45) is 1.98. The molecule has 0 heterocycles. The fourth-order valence-electron chi connectivity index (χ4n) is 1.47. The molecule has 0 unspecified atom stereocenters. The Bertz CT molecular complexity index is 485. The Kier molecular flexibility index (Phi) is 3.31. The first-order valence-electron chi connectivity index (χ1n) is 5.50. The van der Waals surface area contributed by atoms with Gasteiger partial charge in [-0.2, -0.15) is 0 Å². The van der Waals surface area contributed by atoms with Crippen molar-refractivity contribution in [2.45, 2.75) is 18.9 Å². The van der Waals surface area contributed by atoms with Crippen molar-refractivity contribution in [2.24, 2.45) is 0 Å². The lowest BCUT2D eigenvalue weighted by molar-refractivity contribution is -0.384. The van der Waals surface area contributed by atoms with Crippen LogP contribution in [0.3, 0.4) is 0 Å². The highest BCUT2D eigenvalue weighted by Gasteiger charge is 2.23. The molecule has 1 aromatic carbocycles. The van der Waals surface area contributed by atoms with Gasteiger partial charge in [0.1, 0.15) is 5.75 Å². The Morgan fingerprint density at radius 2 is 2.22 bits per heavy atom. The number of carbonyl (C=O) groups is 1. The molecule has 0 atom stereocenters. The van der Waals surface area contributed by atoms with Gasteiger partial charge in [-0.3, -0.25) is 10.1 Å². The first-order valence-corrected chi connectivity index (χ1v) is 5.50. The minimum absolute atomic E-state index is 0.0833. The lowest BCUT2D eigenvalue weighted by atomic mass is 10.2. The van der Waals surface area contributed by atoms with E-state index in [1.165, 1.54) is 25.3 Å². The van der Waals surface area contributed by atoms with E-state index < -0.39 is 4.92 Å². The first-order chi connectivity index (χ1) is 8.60. The molecule has 2 N–H and O–H groups in total. The molecule has 1 aliphatic rings. The van der Waals surface area contributed by atoms with Crippen molar-refractivity contribution in [3.63, 3.8) is 0 Å². The molecule has 0 aliphatic heterocycles. The Hall–Kier alpha value is -2.31. The summed E-state index contributed by atoms with van der Waals surface area (Å²) in [7, 11) is 1.39. The van der Waals surface area contributed by atoms with Gasteiger partial charge in [-0.05, 0) is 18.9 Å². The van der Waals surface area contributed by atoms with Crippen LogP contribution in [0.1, 0.15) is 12.8 Å². The summed E-state index contributed by atoms with van der Waals surface area (Å²) in [5.41, 5.74) is 0.321. The standard InChI is InChI=1S/C11H13N3O4/c1-18-10-6-8(14(16)17)4-5-9(10)13-11(15)12-7-2-3-7/h4-7H,2-3H2,1H3,(H2,12,13,15). The van der Waals surface area contributed by atoms with Gasteiger partial charge in [-0.1, -0.05) is 0 Å². The number of hydrogen-bond donors (Lipinski definition) is 2. The van der Waals surface area contributed by atoms with E-state index in [9.17, 15) is 14.9 Å². The summed E-state index contributed by atoms with van der Waals surface area (Å²) in [5.74, 6) is 0.259. The van der Waals surface area contributed by atoms with E-state index in [1.807, 2.05) is 0 Å². The maximum Gasteiger partial charge on any atom is 0.319 e. The average Bonchev–Trinajstić information content (AvgIpc) is 3.13. The van der Waals surface area contributed by atoms with E-state index in [4.69, 9.17) is 4.74 Å². The zero-order valence-corrected chi connectivity index (χ0v) is 9.80. The second kappa shape index (κ2) is 4.91. The molecule has 1 saturated carbocycles. The van der Waals surface area contributed by atoms with Crippen molar-refractivity contribution in [1.29, 1.82) is 0 Å². The summed E-state index contributed by atoms with van der Waals surface area (Å²) in [5, 5.41) is 16.0. The molecule has 0 saturated heterocycles. The van der Waals surface area contributed by atoms with Crippen molar-refractivity contribution in [2.75, 3.05) is 12.4 Å².